The lowest BCUT2D eigenvalue weighted by Gasteiger charge is -2.26. The molecule has 1 aliphatic carbocycles. The number of hydrogen-bond donors (Lipinski definition) is 2. The van der Waals surface area contributed by atoms with Crippen LogP contribution in [0.3, 0.4) is 0 Å². The summed E-state index contributed by atoms with van der Waals surface area (Å²) in [7, 11) is 0. The largest absolute Gasteiger partial charge is 0.396 e. The van der Waals surface area contributed by atoms with Crippen molar-refractivity contribution in [3.05, 3.63) is 30.1 Å². The Bertz CT molecular complexity index is 307. The summed E-state index contributed by atoms with van der Waals surface area (Å²) in [6.45, 7) is 2.00. The minimum absolute atomic E-state index is 0.134. The van der Waals surface area contributed by atoms with E-state index in [0.29, 0.717) is 6.61 Å². The molecule has 3 nitrogen and oxygen atoms in total. The third-order valence-corrected chi connectivity index (χ3v) is 3.53. The number of nitrogens with zero attached hydrogens (tertiary/aromatic N) is 1. The molecule has 0 unspecified atom stereocenters. The monoisotopic (exact) mass is 220 g/mol. The van der Waals surface area contributed by atoms with Crippen LogP contribution in [0.15, 0.2) is 24.4 Å². The summed E-state index contributed by atoms with van der Waals surface area (Å²) in [4.78, 5) is 4.27. The number of nitrogens with one attached hydrogen (secondary N) is 1. The molecule has 16 heavy (non-hydrogen) atoms. The van der Waals surface area contributed by atoms with E-state index in [1.807, 2.05) is 24.4 Å². The Morgan fingerprint density at radius 1 is 1.31 bits per heavy atom. The molecule has 0 aliphatic heterocycles. The highest BCUT2D eigenvalue weighted by Crippen LogP contribution is 2.36. The van der Waals surface area contributed by atoms with Crippen LogP contribution in [-0.4, -0.2) is 23.2 Å². The summed E-state index contributed by atoms with van der Waals surface area (Å²) < 4.78 is 0. The van der Waals surface area contributed by atoms with Gasteiger partial charge in [-0.3, -0.25) is 4.98 Å². The zero-order valence-electron chi connectivity index (χ0n) is 9.65. The van der Waals surface area contributed by atoms with E-state index >= 15 is 0 Å². The van der Waals surface area contributed by atoms with Crippen LogP contribution in [0.1, 0.15) is 31.4 Å². The Labute approximate surface area is 96.9 Å². The summed E-state index contributed by atoms with van der Waals surface area (Å²) in [6.07, 6.45) is 6.63. The first-order valence-corrected chi connectivity index (χ1v) is 6.06. The van der Waals surface area contributed by atoms with Gasteiger partial charge in [-0.1, -0.05) is 18.9 Å². The van der Waals surface area contributed by atoms with E-state index in [9.17, 15) is 5.11 Å². The summed E-state index contributed by atoms with van der Waals surface area (Å²) in [5.41, 5.74) is 1.20. The Hall–Kier alpha value is -0.930. The third-order valence-electron chi connectivity index (χ3n) is 3.53. The second kappa shape index (κ2) is 5.41. The van der Waals surface area contributed by atoms with Gasteiger partial charge in [0.2, 0.25) is 0 Å². The lowest BCUT2D eigenvalue weighted by molar-refractivity contribution is 0.128. The van der Waals surface area contributed by atoms with Crippen molar-refractivity contribution in [2.45, 2.75) is 32.2 Å². The van der Waals surface area contributed by atoms with Crippen molar-refractivity contribution in [2.75, 3.05) is 13.2 Å². The zero-order valence-corrected chi connectivity index (χ0v) is 9.65. The first kappa shape index (κ1) is 11.6. The fourth-order valence-electron chi connectivity index (χ4n) is 2.47. The predicted octanol–water partition coefficient (Wildman–Crippen LogP) is 1.72. The molecule has 0 spiro atoms. The summed E-state index contributed by atoms with van der Waals surface area (Å²) >= 11 is 0. The van der Waals surface area contributed by atoms with Gasteiger partial charge in [-0.05, 0) is 25.0 Å². The van der Waals surface area contributed by atoms with Crippen LogP contribution >= 0.6 is 0 Å². The summed E-state index contributed by atoms with van der Waals surface area (Å²) in [5, 5.41) is 12.9. The molecule has 0 radical (unpaired) electrons. The molecule has 88 valence electrons. The fourth-order valence-corrected chi connectivity index (χ4v) is 2.47. The lowest BCUT2D eigenvalue weighted by atomic mass is 9.87. The number of aliphatic hydroxyl groups excluding tert-OH is 1. The second-order valence-corrected chi connectivity index (χ2v) is 4.79. The molecule has 2 N–H and O–H groups in total. The molecule has 0 bridgehead atoms. The van der Waals surface area contributed by atoms with Gasteiger partial charge in [0.1, 0.15) is 0 Å². The Morgan fingerprint density at radius 3 is 2.75 bits per heavy atom. The standard InChI is InChI=1S/C13H20N2O/c16-11-13(6-2-3-7-13)10-14-9-12-5-1-4-8-15-12/h1,4-5,8,14,16H,2-3,6-7,9-11H2. The summed E-state index contributed by atoms with van der Waals surface area (Å²) in [6, 6.07) is 5.95. The van der Waals surface area contributed by atoms with Gasteiger partial charge in [-0.2, -0.15) is 0 Å². The van der Waals surface area contributed by atoms with Gasteiger partial charge in [0.05, 0.1) is 5.69 Å². The molecular weight excluding hydrogens is 200 g/mol. The number of hydrogen-bond acceptors (Lipinski definition) is 3. The SMILES string of the molecule is OCC1(CNCc2ccccn2)CCCC1. The van der Waals surface area contributed by atoms with Gasteiger partial charge in [-0.15, -0.1) is 0 Å². The molecule has 1 saturated carbocycles. The normalized spacial score (nSPS) is 18.8. The average molecular weight is 220 g/mol. The van der Waals surface area contributed by atoms with Crippen LogP contribution in [0, 0.1) is 5.41 Å². The predicted molar refractivity (Wildman–Crippen MR) is 63.9 cm³/mol. The van der Waals surface area contributed by atoms with Gasteiger partial charge in [0, 0.05) is 31.3 Å². The number of rotatable bonds is 5. The van der Waals surface area contributed by atoms with E-state index in [1.54, 1.807) is 0 Å². The van der Waals surface area contributed by atoms with Gasteiger partial charge in [-0.25, -0.2) is 0 Å². The third kappa shape index (κ3) is 2.80. The molecule has 0 saturated heterocycles. The quantitative estimate of drug-likeness (QED) is 0.794. The second-order valence-electron chi connectivity index (χ2n) is 4.79. The fraction of sp³-hybridized carbons (Fsp3) is 0.615. The maximum absolute atomic E-state index is 9.46. The molecule has 2 rings (SSSR count). The van der Waals surface area contributed by atoms with Crippen LogP contribution < -0.4 is 5.32 Å². The highest BCUT2D eigenvalue weighted by atomic mass is 16.3. The van der Waals surface area contributed by atoms with Gasteiger partial charge in [0.15, 0.2) is 0 Å². The molecule has 1 heterocycles. The van der Waals surface area contributed by atoms with E-state index in [4.69, 9.17) is 0 Å². The van der Waals surface area contributed by atoms with E-state index in [2.05, 4.69) is 10.3 Å². The molecule has 1 aromatic heterocycles. The highest BCUT2D eigenvalue weighted by molar-refractivity contribution is 5.03. The van der Waals surface area contributed by atoms with E-state index in [0.717, 1.165) is 31.6 Å². The number of pyridine rings is 1. The Kier molecular flexibility index (Phi) is 3.91. The maximum atomic E-state index is 9.46. The summed E-state index contributed by atoms with van der Waals surface area (Å²) in [5.74, 6) is 0. The van der Waals surface area contributed by atoms with Crippen molar-refractivity contribution in [3.8, 4) is 0 Å². The van der Waals surface area contributed by atoms with E-state index in [-0.39, 0.29) is 5.41 Å². The topological polar surface area (TPSA) is 45.1 Å². The highest BCUT2D eigenvalue weighted by Gasteiger charge is 2.32. The number of aliphatic hydroxyl groups is 1. The van der Waals surface area contributed by atoms with Crippen LogP contribution in [0.4, 0.5) is 0 Å². The maximum Gasteiger partial charge on any atom is 0.0541 e. The minimum atomic E-state index is 0.134. The van der Waals surface area contributed by atoms with Crippen molar-refractivity contribution < 1.29 is 5.11 Å². The van der Waals surface area contributed by atoms with Crippen LogP contribution in [-0.2, 0) is 6.54 Å². The molecule has 0 atom stereocenters. The Morgan fingerprint density at radius 2 is 2.12 bits per heavy atom. The molecule has 1 aliphatic rings. The first-order valence-electron chi connectivity index (χ1n) is 6.06. The van der Waals surface area contributed by atoms with Crippen molar-refractivity contribution in [3.63, 3.8) is 0 Å². The molecule has 1 fully saturated rings. The van der Waals surface area contributed by atoms with Crippen LogP contribution in [0.5, 0.6) is 0 Å². The molecule has 3 heteroatoms. The average Bonchev–Trinajstić information content (AvgIpc) is 2.80. The molecule has 0 amide bonds. The molecule has 1 aromatic rings. The van der Waals surface area contributed by atoms with E-state index in [1.165, 1.54) is 12.8 Å². The van der Waals surface area contributed by atoms with Crippen LogP contribution in [0.25, 0.3) is 0 Å². The number of aromatic nitrogens is 1. The van der Waals surface area contributed by atoms with Gasteiger partial charge in [0.25, 0.3) is 0 Å². The van der Waals surface area contributed by atoms with Crippen molar-refractivity contribution >= 4 is 0 Å². The zero-order chi connectivity index (χ0) is 11.3. The first-order chi connectivity index (χ1) is 7.85. The van der Waals surface area contributed by atoms with Gasteiger partial charge >= 0.3 is 0 Å². The van der Waals surface area contributed by atoms with Crippen molar-refractivity contribution in [1.29, 1.82) is 0 Å². The molecular formula is C13H20N2O. The lowest BCUT2D eigenvalue weighted by Crippen LogP contribution is -2.34. The van der Waals surface area contributed by atoms with Crippen molar-refractivity contribution in [1.82, 2.24) is 10.3 Å². The van der Waals surface area contributed by atoms with E-state index < -0.39 is 0 Å². The van der Waals surface area contributed by atoms with Gasteiger partial charge < -0.3 is 10.4 Å². The smallest absolute Gasteiger partial charge is 0.0541 e. The van der Waals surface area contributed by atoms with Crippen molar-refractivity contribution in [2.24, 2.45) is 5.41 Å². The molecule has 0 aromatic carbocycles. The minimum Gasteiger partial charge on any atom is -0.396 e. The van der Waals surface area contributed by atoms with Crippen LogP contribution in [0.2, 0.25) is 0 Å². The Balaban J connectivity index is 1.79.